The highest BCUT2D eigenvalue weighted by molar-refractivity contribution is 5.73. The minimum absolute atomic E-state index is 0.0491. The highest BCUT2D eigenvalue weighted by atomic mass is 16.7. The summed E-state index contributed by atoms with van der Waals surface area (Å²) in [7, 11) is 0. The number of hydrogen-bond donors (Lipinski definition) is 8. The van der Waals surface area contributed by atoms with Crippen LogP contribution < -0.4 is 10.6 Å². The summed E-state index contributed by atoms with van der Waals surface area (Å²) in [5.74, 6) is -0.517. The Kier molecular flexibility index (Phi) is 7.08. The molecule has 11 heteroatoms. The van der Waals surface area contributed by atoms with Gasteiger partial charge >= 0.3 is 0 Å². The van der Waals surface area contributed by atoms with E-state index in [4.69, 9.17) is 9.47 Å². The molecule has 25 heavy (non-hydrogen) atoms. The maximum absolute atomic E-state index is 11.4. The fourth-order valence-electron chi connectivity index (χ4n) is 3.05. The SMILES string of the molecule is CC(=O)N[C@@H]1[C@H](O[C@@H]2[C@@H](O)[C@H](O)CN[C@H]2CO)O[C@H](CO)[C@H](O)[C@@H]1O. The molecule has 2 rings (SSSR count). The highest BCUT2D eigenvalue weighted by Crippen LogP contribution is 2.26. The van der Waals surface area contributed by atoms with Crippen LogP contribution in [0, 0.1) is 0 Å². The average Bonchev–Trinajstić information content (AvgIpc) is 2.58. The first-order valence-electron chi connectivity index (χ1n) is 8.05. The maximum Gasteiger partial charge on any atom is 0.217 e. The van der Waals surface area contributed by atoms with Crippen LogP contribution in [0.15, 0.2) is 0 Å². The molecule has 0 bridgehead atoms. The largest absolute Gasteiger partial charge is 0.395 e. The second kappa shape index (κ2) is 8.66. The van der Waals surface area contributed by atoms with E-state index in [0.29, 0.717) is 0 Å². The van der Waals surface area contributed by atoms with Crippen molar-refractivity contribution < 1.29 is 44.9 Å². The van der Waals surface area contributed by atoms with Gasteiger partial charge in [0.1, 0.15) is 36.6 Å². The number of carbonyl (C=O) groups is 1. The van der Waals surface area contributed by atoms with Crippen LogP contribution in [0.5, 0.6) is 0 Å². The van der Waals surface area contributed by atoms with Gasteiger partial charge in [-0.25, -0.2) is 0 Å². The first-order chi connectivity index (χ1) is 11.8. The second-order valence-electron chi connectivity index (χ2n) is 6.29. The van der Waals surface area contributed by atoms with Crippen LogP contribution in [-0.4, -0.2) is 111 Å². The van der Waals surface area contributed by atoms with E-state index in [9.17, 15) is 35.4 Å². The van der Waals surface area contributed by atoms with Crippen molar-refractivity contribution >= 4 is 5.91 Å². The Bertz CT molecular complexity index is 452. The van der Waals surface area contributed by atoms with Gasteiger partial charge in [-0.05, 0) is 0 Å². The lowest BCUT2D eigenvalue weighted by Gasteiger charge is -2.46. The first kappa shape index (κ1) is 20.4. The molecular formula is C14H26N2O9. The maximum atomic E-state index is 11.4. The summed E-state index contributed by atoms with van der Waals surface area (Å²) in [4.78, 5) is 11.4. The Morgan fingerprint density at radius 2 is 1.84 bits per heavy atom. The van der Waals surface area contributed by atoms with Crippen LogP contribution in [0.1, 0.15) is 6.92 Å². The summed E-state index contributed by atoms with van der Waals surface area (Å²) < 4.78 is 11.0. The summed E-state index contributed by atoms with van der Waals surface area (Å²) in [5.41, 5.74) is 0. The number of carbonyl (C=O) groups excluding carboxylic acids is 1. The van der Waals surface area contributed by atoms with E-state index in [0.717, 1.165) is 0 Å². The molecule has 2 aliphatic rings. The summed E-state index contributed by atoms with van der Waals surface area (Å²) in [6.45, 7) is 0.238. The lowest BCUT2D eigenvalue weighted by molar-refractivity contribution is -0.298. The number of hydrogen-bond acceptors (Lipinski definition) is 10. The van der Waals surface area contributed by atoms with Crippen molar-refractivity contribution in [3.05, 3.63) is 0 Å². The van der Waals surface area contributed by atoms with E-state index in [-0.39, 0.29) is 6.54 Å². The first-order valence-corrected chi connectivity index (χ1v) is 8.05. The number of piperidine rings is 1. The van der Waals surface area contributed by atoms with Gasteiger partial charge < -0.3 is 50.7 Å². The molecule has 0 aliphatic carbocycles. The minimum atomic E-state index is -1.49. The fourth-order valence-corrected chi connectivity index (χ4v) is 3.05. The monoisotopic (exact) mass is 366 g/mol. The Morgan fingerprint density at radius 3 is 2.40 bits per heavy atom. The number of rotatable bonds is 5. The molecule has 146 valence electrons. The predicted octanol–water partition coefficient (Wildman–Crippen LogP) is -5.00. The van der Waals surface area contributed by atoms with Gasteiger partial charge in [0.15, 0.2) is 6.29 Å². The lowest BCUT2D eigenvalue weighted by atomic mass is 9.94. The number of amides is 1. The van der Waals surface area contributed by atoms with Crippen LogP contribution in [0.3, 0.4) is 0 Å². The Morgan fingerprint density at radius 1 is 1.16 bits per heavy atom. The third-order valence-corrected chi connectivity index (χ3v) is 4.46. The zero-order valence-corrected chi connectivity index (χ0v) is 13.7. The van der Waals surface area contributed by atoms with Crippen LogP contribution >= 0.6 is 0 Å². The number of ether oxygens (including phenoxy) is 2. The molecular weight excluding hydrogens is 340 g/mol. The van der Waals surface area contributed by atoms with Crippen LogP contribution in [0.4, 0.5) is 0 Å². The number of β-amino-alcohol motifs (C(OH)–C–C–N with tert-alkyl or cyclic N) is 1. The summed E-state index contributed by atoms with van der Waals surface area (Å²) in [5, 5.41) is 64.0. The van der Waals surface area contributed by atoms with Crippen molar-refractivity contribution in [3.8, 4) is 0 Å². The molecule has 0 spiro atoms. The van der Waals surface area contributed by atoms with Crippen molar-refractivity contribution in [1.29, 1.82) is 0 Å². The number of aliphatic hydroxyl groups excluding tert-OH is 6. The highest BCUT2D eigenvalue weighted by Gasteiger charge is 2.48. The normalized spacial score (nSPS) is 45.2. The van der Waals surface area contributed by atoms with Gasteiger partial charge in [-0.1, -0.05) is 0 Å². The molecule has 0 saturated carbocycles. The van der Waals surface area contributed by atoms with Crippen molar-refractivity contribution in [2.45, 2.75) is 61.9 Å². The van der Waals surface area contributed by atoms with Gasteiger partial charge in [0.2, 0.25) is 5.91 Å². The second-order valence-corrected chi connectivity index (χ2v) is 6.29. The van der Waals surface area contributed by atoms with E-state index < -0.39 is 74.1 Å². The third kappa shape index (κ3) is 4.45. The smallest absolute Gasteiger partial charge is 0.217 e. The van der Waals surface area contributed by atoms with E-state index in [1.54, 1.807) is 0 Å². The average molecular weight is 366 g/mol. The standard InChI is InChI=1S/C14H26N2O9/c1-5(19)16-9-12(23)11(22)8(4-18)24-14(9)25-13-6(3-17)15-2-7(20)10(13)21/h6-15,17-18,20-23H,2-4H2,1H3,(H,16,19)/t6-,7+,8+,9-,10-,11-,12+,13-,14-/m0/s1. The van der Waals surface area contributed by atoms with Crippen molar-refractivity contribution in [3.63, 3.8) is 0 Å². The van der Waals surface area contributed by atoms with Gasteiger partial charge in [-0.15, -0.1) is 0 Å². The molecule has 0 radical (unpaired) electrons. The zero-order chi connectivity index (χ0) is 18.7. The van der Waals surface area contributed by atoms with Gasteiger partial charge in [-0.2, -0.15) is 0 Å². The third-order valence-electron chi connectivity index (χ3n) is 4.46. The van der Waals surface area contributed by atoms with Crippen molar-refractivity contribution in [2.75, 3.05) is 19.8 Å². The number of nitrogens with one attached hydrogen (secondary N) is 2. The van der Waals surface area contributed by atoms with Crippen LogP contribution in [-0.2, 0) is 14.3 Å². The molecule has 0 aromatic heterocycles. The zero-order valence-electron chi connectivity index (χ0n) is 13.7. The quantitative estimate of drug-likeness (QED) is 0.235. The van der Waals surface area contributed by atoms with E-state index in [2.05, 4.69) is 10.6 Å². The van der Waals surface area contributed by atoms with Gasteiger partial charge in [0.05, 0.1) is 25.4 Å². The molecule has 9 atom stereocenters. The Balaban J connectivity index is 2.20. The van der Waals surface area contributed by atoms with Crippen LogP contribution in [0.2, 0.25) is 0 Å². The summed E-state index contributed by atoms with van der Waals surface area (Å²) in [6, 6.07) is -1.91. The van der Waals surface area contributed by atoms with Crippen molar-refractivity contribution in [2.24, 2.45) is 0 Å². The van der Waals surface area contributed by atoms with Crippen LogP contribution in [0.25, 0.3) is 0 Å². The molecule has 2 fully saturated rings. The Hall–Kier alpha value is -0.890. The molecule has 2 saturated heterocycles. The molecule has 2 aliphatic heterocycles. The Labute approximate surface area is 144 Å². The predicted molar refractivity (Wildman–Crippen MR) is 81.1 cm³/mol. The van der Waals surface area contributed by atoms with E-state index in [1.165, 1.54) is 6.92 Å². The molecule has 1 amide bonds. The van der Waals surface area contributed by atoms with Crippen molar-refractivity contribution in [1.82, 2.24) is 10.6 Å². The molecule has 0 unspecified atom stereocenters. The topological polar surface area (TPSA) is 181 Å². The minimum Gasteiger partial charge on any atom is -0.395 e. The van der Waals surface area contributed by atoms with E-state index >= 15 is 0 Å². The molecule has 11 nitrogen and oxygen atoms in total. The number of aliphatic hydroxyl groups is 6. The van der Waals surface area contributed by atoms with Gasteiger partial charge in [-0.3, -0.25) is 4.79 Å². The molecule has 0 aromatic carbocycles. The molecule has 0 aromatic rings. The lowest BCUT2D eigenvalue weighted by Crippen LogP contribution is -2.68. The molecule has 2 heterocycles. The van der Waals surface area contributed by atoms with Gasteiger partial charge in [0.25, 0.3) is 0 Å². The summed E-state index contributed by atoms with van der Waals surface area (Å²) >= 11 is 0. The fraction of sp³-hybridized carbons (Fsp3) is 0.929. The molecule has 8 N–H and O–H groups in total. The summed E-state index contributed by atoms with van der Waals surface area (Å²) in [6.07, 6.45) is -9.08. The van der Waals surface area contributed by atoms with Gasteiger partial charge in [0, 0.05) is 13.5 Å². The van der Waals surface area contributed by atoms with E-state index in [1.807, 2.05) is 0 Å².